The Morgan fingerprint density at radius 3 is 2.45 bits per heavy atom. The molecule has 0 saturated carbocycles. The SMILES string of the molecule is CCCCC(C)Cc1cccc2c1ccc(-c1cc(C)cc(C)c1C)[n+]2CCC. The first kappa shape index (κ1) is 21.6. The molecule has 29 heavy (non-hydrogen) atoms. The first-order valence-corrected chi connectivity index (χ1v) is 11.5. The van der Waals surface area contributed by atoms with Crippen LogP contribution >= 0.6 is 0 Å². The Balaban J connectivity index is 2.14. The minimum atomic E-state index is 0.738. The molecule has 3 rings (SSSR count). The van der Waals surface area contributed by atoms with Crippen molar-refractivity contribution >= 4 is 10.9 Å². The van der Waals surface area contributed by atoms with Gasteiger partial charge in [-0.1, -0.05) is 63.8 Å². The van der Waals surface area contributed by atoms with Gasteiger partial charge in [0, 0.05) is 29.5 Å². The van der Waals surface area contributed by atoms with Gasteiger partial charge in [0.05, 0.1) is 0 Å². The molecular formula is C28H38N+. The van der Waals surface area contributed by atoms with Crippen molar-refractivity contribution in [1.29, 1.82) is 0 Å². The van der Waals surface area contributed by atoms with E-state index in [4.69, 9.17) is 0 Å². The third kappa shape index (κ3) is 4.71. The highest BCUT2D eigenvalue weighted by Gasteiger charge is 2.21. The number of fused-ring (bicyclic) bond motifs is 1. The number of unbranched alkanes of at least 4 members (excludes halogenated alkanes) is 1. The fraction of sp³-hybridized carbons (Fsp3) is 0.464. The summed E-state index contributed by atoms with van der Waals surface area (Å²) in [6.45, 7) is 14.7. The van der Waals surface area contributed by atoms with Gasteiger partial charge in [-0.2, -0.15) is 4.57 Å². The van der Waals surface area contributed by atoms with Crippen molar-refractivity contribution in [3.05, 3.63) is 64.7 Å². The predicted molar refractivity (Wildman–Crippen MR) is 126 cm³/mol. The molecular weight excluding hydrogens is 350 g/mol. The Kier molecular flexibility index (Phi) is 7.11. The van der Waals surface area contributed by atoms with Crippen LogP contribution in [0.15, 0.2) is 42.5 Å². The standard InChI is InChI=1S/C28H38N/c1-7-9-11-20(3)18-24-12-10-13-27-25(24)14-15-28(29(27)16-8-2)26-19-21(4)17-22(5)23(26)6/h10,12-15,17,19-20H,7-9,11,16,18H2,1-6H3/q+1. The largest absolute Gasteiger partial charge is 0.213 e. The molecule has 0 spiro atoms. The predicted octanol–water partition coefficient (Wildman–Crippen LogP) is 7.50. The number of benzene rings is 2. The number of aromatic nitrogens is 1. The minimum Gasteiger partial charge on any atom is -0.191 e. The van der Waals surface area contributed by atoms with Gasteiger partial charge in [-0.05, 0) is 61.9 Å². The average molecular weight is 389 g/mol. The molecule has 1 nitrogen and oxygen atoms in total. The van der Waals surface area contributed by atoms with Crippen LogP contribution in [0.5, 0.6) is 0 Å². The van der Waals surface area contributed by atoms with E-state index in [1.165, 1.54) is 70.1 Å². The van der Waals surface area contributed by atoms with E-state index in [0.717, 1.165) is 18.9 Å². The zero-order chi connectivity index (χ0) is 21.0. The molecule has 1 unspecified atom stereocenters. The topological polar surface area (TPSA) is 3.88 Å². The molecule has 0 aliphatic heterocycles. The van der Waals surface area contributed by atoms with Crippen LogP contribution in [0.25, 0.3) is 22.2 Å². The molecule has 0 bridgehead atoms. The second-order valence-electron chi connectivity index (χ2n) is 8.93. The normalized spacial score (nSPS) is 12.5. The third-order valence-electron chi connectivity index (χ3n) is 6.32. The van der Waals surface area contributed by atoms with Crippen LogP contribution in [0.1, 0.15) is 68.7 Å². The maximum Gasteiger partial charge on any atom is 0.213 e. The molecule has 3 aromatic rings. The minimum absolute atomic E-state index is 0.738. The van der Waals surface area contributed by atoms with Crippen LogP contribution in [0.3, 0.4) is 0 Å². The van der Waals surface area contributed by atoms with Crippen molar-refractivity contribution in [2.45, 2.75) is 80.2 Å². The lowest BCUT2D eigenvalue weighted by Gasteiger charge is -2.15. The molecule has 2 aromatic carbocycles. The zero-order valence-corrected chi connectivity index (χ0v) is 19.3. The monoisotopic (exact) mass is 388 g/mol. The molecule has 1 atom stereocenters. The van der Waals surface area contributed by atoms with Crippen molar-refractivity contribution < 1.29 is 4.57 Å². The molecule has 0 N–H and O–H groups in total. The van der Waals surface area contributed by atoms with E-state index >= 15 is 0 Å². The molecule has 0 aliphatic carbocycles. The van der Waals surface area contributed by atoms with E-state index in [1.807, 2.05) is 0 Å². The number of nitrogens with zero attached hydrogens (tertiary/aromatic N) is 1. The van der Waals surface area contributed by atoms with Gasteiger partial charge >= 0.3 is 0 Å². The first-order chi connectivity index (χ1) is 14.0. The fourth-order valence-electron chi connectivity index (χ4n) is 4.62. The number of pyridine rings is 1. The highest BCUT2D eigenvalue weighted by molar-refractivity contribution is 5.81. The summed E-state index contributed by atoms with van der Waals surface area (Å²) in [7, 11) is 0. The van der Waals surface area contributed by atoms with Crippen LogP contribution in [0, 0.1) is 26.7 Å². The van der Waals surface area contributed by atoms with Crippen LogP contribution in [0.4, 0.5) is 0 Å². The summed E-state index contributed by atoms with van der Waals surface area (Å²) >= 11 is 0. The maximum absolute atomic E-state index is 2.55. The number of hydrogen-bond acceptors (Lipinski definition) is 0. The molecule has 1 aromatic heterocycles. The Hall–Kier alpha value is -2.15. The Morgan fingerprint density at radius 1 is 0.931 bits per heavy atom. The highest BCUT2D eigenvalue weighted by atomic mass is 15.0. The lowest BCUT2D eigenvalue weighted by Crippen LogP contribution is -2.37. The van der Waals surface area contributed by atoms with Crippen LogP contribution in [-0.2, 0) is 13.0 Å². The Morgan fingerprint density at radius 2 is 1.72 bits per heavy atom. The van der Waals surface area contributed by atoms with Gasteiger partial charge in [0.2, 0.25) is 11.2 Å². The zero-order valence-electron chi connectivity index (χ0n) is 19.3. The Bertz CT molecular complexity index is 983. The van der Waals surface area contributed by atoms with Gasteiger partial charge in [0.15, 0.2) is 0 Å². The molecule has 0 radical (unpaired) electrons. The molecule has 0 fully saturated rings. The lowest BCUT2D eigenvalue weighted by molar-refractivity contribution is -0.660. The smallest absolute Gasteiger partial charge is 0.191 e. The molecule has 154 valence electrons. The second kappa shape index (κ2) is 9.57. The Labute approximate surface area is 177 Å². The van der Waals surface area contributed by atoms with Crippen LogP contribution in [0.2, 0.25) is 0 Å². The van der Waals surface area contributed by atoms with Crippen molar-refractivity contribution in [3.8, 4) is 11.3 Å². The van der Waals surface area contributed by atoms with Gasteiger partial charge in [-0.25, -0.2) is 0 Å². The number of hydrogen-bond donors (Lipinski definition) is 0. The molecule has 1 heteroatoms. The van der Waals surface area contributed by atoms with E-state index in [1.54, 1.807) is 0 Å². The van der Waals surface area contributed by atoms with Gasteiger partial charge in [0.1, 0.15) is 6.54 Å². The van der Waals surface area contributed by atoms with Gasteiger partial charge < -0.3 is 0 Å². The van der Waals surface area contributed by atoms with Crippen molar-refractivity contribution in [2.24, 2.45) is 5.92 Å². The summed E-state index contributed by atoms with van der Waals surface area (Å²) in [5.74, 6) is 0.738. The van der Waals surface area contributed by atoms with Gasteiger partial charge in [-0.3, -0.25) is 0 Å². The summed E-state index contributed by atoms with van der Waals surface area (Å²) in [5.41, 5.74) is 9.71. The van der Waals surface area contributed by atoms with Gasteiger partial charge in [-0.15, -0.1) is 0 Å². The summed E-state index contributed by atoms with van der Waals surface area (Å²) < 4.78 is 2.55. The fourth-order valence-corrected chi connectivity index (χ4v) is 4.62. The second-order valence-corrected chi connectivity index (χ2v) is 8.93. The maximum atomic E-state index is 2.55. The molecule has 0 amide bonds. The summed E-state index contributed by atoms with van der Waals surface area (Å²) in [5, 5.41) is 1.43. The molecule has 1 heterocycles. The van der Waals surface area contributed by atoms with E-state index in [2.05, 4.69) is 88.6 Å². The lowest BCUT2D eigenvalue weighted by atomic mass is 9.92. The van der Waals surface area contributed by atoms with E-state index in [9.17, 15) is 0 Å². The van der Waals surface area contributed by atoms with Gasteiger partial charge in [0.25, 0.3) is 0 Å². The van der Waals surface area contributed by atoms with E-state index in [0.29, 0.717) is 0 Å². The molecule has 0 saturated heterocycles. The quantitative estimate of drug-likeness (QED) is 0.352. The summed E-state index contributed by atoms with van der Waals surface area (Å²) in [4.78, 5) is 0. The van der Waals surface area contributed by atoms with E-state index in [-0.39, 0.29) is 0 Å². The first-order valence-electron chi connectivity index (χ1n) is 11.5. The van der Waals surface area contributed by atoms with Crippen LogP contribution in [-0.4, -0.2) is 0 Å². The summed E-state index contributed by atoms with van der Waals surface area (Å²) in [6, 6.07) is 16.3. The summed E-state index contributed by atoms with van der Waals surface area (Å²) in [6.07, 6.45) is 6.25. The third-order valence-corrected chi connectivity index (χ3v) is 6.32. The number of rotatable bonds is 8. The van der Waals surface area contributed by atoms with Crippen LogP contribution < -0.4 is 4.57 Å². The van der Waals surface area contributed by atoms with Crippen molar-refractivity contribution in [3.63, 3.8) is 0 Å². The average Bonchev–Trinajstić information content (AvgIpc) is 2.70. The number of aryl methyl sites for hydroxylation is 3. The van der Waals surface area contributed by atoms with Crippen molar-refractivity contribution in [1.82, 2.24) is 0 Å². The highest BCUT2D eigenvalue weighted by Crippen LogP contribution is 2.28. The van der Waals surface area contributed by atoms with Crippen molar-refractivity contribution in [2.75, 3.05) is 0 Å². The molecule has 0 aliphatic rings. The van der Waals surface area contributed by atoms with E-state index < -0.39 is 0 Å².